The van der Waals surface area contributed by atoms with E-state index >= 15 is 0 Å². The number of ether oxygens (including phenoxy) is 1. The number of rotatable bonds is 6. The highest BCUT2D eigenvalue weighted by Crippen LogP contribution is 2.35. The molecule has 1 saturated heterocycles. The lowest BCUT2D eigenvalue weighted by molar-refractivity contribution is 0.156. The van der Waals surface area contributed by atoms with Gasteiger partial charge >= 0.3 is 0 Å². The summed E-state index contributed by atoms with van der Waals surface area (Å²) in [5.74, 6) is 0.791. The van der Waals surface area contributed by atoms with E-state index in [0.717, 1.165) is 44.6 Å². The van der Waals surface area contributed by atoms with Crippen molar-refractivity contribution in [2.24, 2.45) is 5.92 Å². The Hall–Kier alpha value is -1.13. The van der Waals surface area contributed by atoms with Gasteiger partial charge in [-0.2, -0.15) is 0 Å². The number of para-hydroxylation sites is 1. The van der Waals surface area contributed by atoms with Crippen LogP contribution >= 0.6 is 0 Å². The Labute approximate surface area is 127 Å². The van der Waals surface area contributed by atoms with Gasteiger partial charge in [-0.15, -0.1) is 0 Å². The maximum Gasteiger partial charge on any atom is 0.165 e. The molecule has 0 aromatic heterocycles. The standard InChI is InChI=1S/C17H27FN2O/c1-13(2)7-8-16(20-11-9-19-10-12-20)14-5-4-6-15(18)17(14)21-3/h4-6,13,16,19H,7-12H2,1-3H3/t16-/m0/s1. The van der Waals surface area contributed by atoms with Crippen LogP contribution in [0.4, 0.5) is 4.39 Å². The number of hydrogen-bond acceptors (Lipinski definition) is 3. The molecule has 1 aliphatic rings. The summed E-state index contributed by atoms with van der Waals surface area (Å²) in [6.07, 6.45) is 2.17. The van der Waals surface area contributed by atoms with Gasteiger partial charge in [0.2, 0.25) is 0 Å². The summed E-state index contributed by atoms with van der Waals surface area (Å²) in [7, 11) is 1.55. The second-order valence-corrected chi connectivity index (χ2v) is 6.14. The maximum absolute atomic E-state index is 14.0. The molecule has 0 bridgehead atoms. The molecule has 0 amide bonds. The molecule has 3 nitrogen and oxygen atoms in total. The predicted octanol–water partition coefficient (Wildman–Crippen LogP) is 3.22. The lowest BCUT2D eigenvalue weighted by Gasteiger charge is -2.36. The molecule has 1 heterocycles. The van der Waals surface area contributed by atoms with Crippen molar-refractivity contribution in [3.8, 4) is 5.75 Å². The van der Waals surface area contributed by atoms with Gasteiger partial charge in [-0.05, 0) is 24.8 Å². The van der Waals surface area contributed by atoms with E-state index in [1.165, 1.54) is 6.07 Å². The van der Waals surface area contributed by atoms with E-state index in [0.29, 0.717) is 11.7 Å². The van der Waals surface area contributed by atoms with Crippen LogP contribution < -0.4 is 10.1 Å². The first-order chi connectivity index (χ1) is 10.1. The van der Waals surface area contributed by atoms with Crippen LogP contribution in [0.25, 0.3) is 0 Å². The highest BCUT2D eigenvalue weighted by atomic mass is 19.1. The molecule has 1 N–H and O–H groups in total. The number of hydrogen-bond donors (Lipinski definition) is 1. The zero-order chi connectivity index (χ0) is 15.2. The summed E-state index contributed by atoms with van der Waals surface area (Å²) < 4.78 is 19.4. The molecular formula is C17H27FN2O. The van der Waals surface area contributed by atoms with Gasteiger partial charge in [-0.25, -0.2) is 4.39 Å². The van der Waals surface area contributed by atoms with Crippen LogP contribution in [0.2, 0.25) is 0 Å². The minimum Gasteiger partial charge on any atom is -0.493 e. The van der Waals surface area contributed by atoms with Crippen LogP contribution in [-0.4, -0.2) is 38.2 Å². The van der Waals surface area contributed by atoms with Gasteiger partial charge in [0, 0.05) is 37.8 Å². The third-order valence-corrected chi connectivity index (χ3v) is 4.17. The van der Waals surface area contributed by atoms with Crippen molar-refractivity contribution in [3.05, 3.63) is 29.6 Å². The number of benzene rings is 1. The Bertz CT molecular complexity index is 444. The van der Waals surface area contributed by atoms with Crippen molar-refractivity contribution < 1.29 is 9.13 Å². The van der Waals surface area contributed by atoms with Gasteiger partial charge < -0.3 is 10.1 Å². The summed E-state index contributed by atoms with van der Waals surface area (Å²) >= 11 is 0. The molecule has 1 aliphatic heterocycles. The van der Waals surface area contributed by atoms with Crippen LogP contribution in [0.15, 0.2) is 18.2 Å². The summed E-state index contributed by atoms with van der Waals surface area (Å²) in [6.45, 7) is 8.46. The van der Waals surface area contributed by atoms with Gasteiger partial charge in [0.1, 0.15) is 0 Å². The number of methoxy groups -OCH3 is 1. The molecule has 1 atom stereocenters. The second kappa shape index (κ2) is 7.76. The van der Waals surface area contributed by atoms with Crippen LogP contribution in [-0.2, 0) is 0 Å². The van der Waals surface area contributed by atoms with Gasteiger partial charge in [-0.3, -0.25) is 4.90 Å². The molecule has 0 saturated carbocycles. The van der Waals surface area contributed by atoms with E-state index < -0.39 is 0 Å². The van der Waals surface area contributed by atoms with Gasteiger partial charge in [-0.1, -0.05) is 26.0 Å². The molecular weight excluding hydrogens is 267 g/mol. The first kappa shape index (κ1) is 16.2. The average molecular weight is 294 g/mol. The lowest BCUT2D eigenvalue weighted by Crippen LogP contribution is -2.45. The normalized spacial score (nSPS) is 18.0. The number of halogens is 1. The average Bonchev–Trinajstić information content (AvgIpc) is 2.48. The molecule has 0 spiro atoms. The molecule has 118 valence electrons. The van der Waals surface area contributed by atoms with Crippen molar-refractivity contribution in [1.82, 2.24) is 10.2 Å². The van der Waals surface area contributed by atoms with Crippen molar-refractivity contribution >= 4 is 0 Å². The van der Waals surface area contributed by atoms with E-state index in [1.807, 2.05) is 6.07 Å². The highest BCUT2D eigenvalue weighted by Gasteiger charge is 2.26. The van der Waals surface area contributed by atoms with E-state index in [1.54, 1.807) is 13.2 Å². The number of nitrogens with zero attached hydrogens (tertiary/aromatic N) is 1. The Morgan fingerprint density at radius 2 is 1.95 bits per heavy atom. The fraction of sp³-hybridized carbons (Fsp3) is 0.647. The monoisotopic (exact) mass is 294 g/mol. The second-order valence-electron chi connectivity index (χ2n) is 6.14. The third kappa shape index (κ3) is 4.17. The van der Waals surface area contributed by atoms with Crippen molar-refractivity contribution in [3.63, 3.8) is 0 Å². The van der Waals surface area contributed by atoms with Crippen molar-refractivity contribution in [1.29, 1.82) is 0 Å². The minimum absolute atomic E-state index is 0.236. The van der Waals surface area contributed by atoms with Crippen molar-refractivity contribution in [2.45, 2.75) is 32.7 Å². The van der Waals surface area contributed by atoms with Crippen LogP contribution in [0.5, 0.6) is 5.75 Å². The van der Waals surface area contributed by atoms with E-state index in [2.05, 4.69) is 24.1 Å². The molecule has 4 heteroatoms. The summed E-state index contributed by atoms with van der Waals surface area (Å²) in [5.41, 5.74) is 0.986. The fourth-order valence-electron chi connectivity index (χ4n) is 3.02. The molecule has 1 aromatic rings. The topological polar surface area (TPSA) is 24.5 Å². The summed E-state index contributed by atoms with van der Waals surface area (Å²) in [5, 5.41) is 3.38. The molecule has 1 fully saturated rings. The number of piperazine rings is 1. The molecule has 0 unspecified atom stereocenters. The molecule has 0 aliphatic carbocycles. The molecule has 2 rings (SSSR count). The molecule has 0 radical (unpaired) electrons. The Balaban J connectivity index is 2.27. The van der Waals surface area contributed by atoms with Crippen molar-refractivity contribution in [2.75, 3.05) is 33.3 Å². The minimum atomic E-state index is -0.264. The zero-order valence-corrected chi connectivity index (χ0v) is 13.4. The summed E-state index contributed by atoms with van der Waals surface area (Å²) in [4.78, 5) is 2.45. The molecule has 1 aromatic carbocycles. The number of nitrogens with one attached hydrogen (secondary N) is 1. The Morgan fingerprint density at radius 1 is 1.24 bits per heavy atom. The van der Waals surface area contributed by atoms with Gasteiger partial charge in [0.05, 0.1) is 7.11 Å². The zero-order valence-electron chi connectivity index (χ0n) is 13.4. The van der Waals surface area contributed by atoms with E-state index in [9.17, 15) is 4.39 Å². The first-order valence-corrected chi connectivity index (χ1v) is 7.90. The van der Waals surface area contributed by atoms with Crippen LogP contribution in [0.1, 0.15) is 38.3 Å². The Kier molecular flexibility index (Phi) is 6.00. The lowest BCUT2D eigenvalue weighted by atomic mass is 9.95. The van der Waals surface area contributed by atoms with Crippen LogP contribution in [0.3, 0.4) is 0 Å². The quantitative estimate of drug-likeness (QED) is 0.872. The fourth-order valence-corrected chi connectivity index (χ4v) is 3.02. The third-order valence-electron chi connectivity index (χ3n) is 4.17. The predicted molar refractivity (Wildman–Crippen MR) is 84.2 cm³/mol. The van der Waals surface area contributed by atoms with Gasteiger partial charge in [0.15, 0.2) is 11.6 Å². The Morgan fingerprint density at radius 3 is 2.57 bits per heavy atom. The smallest absolute Gasteiger partial charge is 0.165 e. The summed E-state index contributed by atoms with van der Waals surface area (Å²) in [6, 6.07) is 5.51. The molecule has 21 heavy (non-hydrogen) atoms. The first-order valence-electron chi connectivity index (χ1n) is 7.90. The highest BCUT2D eigenvalue weighted by molar-refractivity contribution is 5.37. The van der Waals surface area contributed by atoms with Crippen LogP contribution in [0, 0.1) is 11.7 Å². The van der Waals surface area contributed by atoms with E-state index in [-0.39, 0.29) is 11.9 Å². The SMILES string of the molecule is COc1c(F)cccc1[C@H](CCC(C)C)N1CCNCC1. The maximum atomic E-state index is 14.0. The van der Waals surface area contributed by atoms with Gasteiger partial charge in [0.25, 0.3) is 0 Å². The largest absolute Gasteiger partial charge is 0.493 e. The van der Waals surface area contributed by atoms with E-state index in [4.69, 9.17) is 4.74 Å².